The molecular formula is C18H15F4NO2. The number of fused-ring (bicyclic) bond motifs is 1. The van der Waals surface area contributed by atoms with Gasteiger partial charge < -0.3 is 0 Å². The van der Waals surface area contributed by atoms with Crippen LogP contribution in [-0.4, -0.2) is 11.8 Å². The normalized spacial score (nSPS) is 38.8. The number of imide groups is 1. The van der Waals surface area contributed by atoms with E-state index < -0.39 is 41.2 Å². The third-order valence-corrected chi connectivity index (χ3v) is 6.66. The van der Waals surface area contributed by atoms with Crippen LogP contribution in [0.2, 0.25) is 0 Å². The van der Waals surface area contributed by atoms with E-state index in [0.29, 0.717) is 24.0 Å². The fourth-order valence-corrected chi connectivity index (χ4v) is 5.66. The van der Waals surface area contributed by atoms with Crippen molar-refractivity contribution in [3.63, 3.8) is 0 Å². The van der Waals surface area contributed by atoms with Gasteiger partial charge in [0.2, 0.25) is 11.8 Å². The zero-order chi connectivity index (χ0) is 17.7. The maximum Gasteiger partial charge on any atom is 0.419 e. The maximum atomic E-state index is 13.5. The molecule has 25 heavy (non-hydrogen) atoms. The highest BCUT2D eigenvalue weighted by molar-refractivity contribution is 6.22. The number of carbonyl (C=O) groups is 2. The topological polar surface area (TPSA) is 37.4 Å². The number of alkyl halides is 3. The van der Waals surface area contributed by atoms with Gasteiger partial charge in [-0.15, -0.1) is 0 Å². The smallest absolute Gasteiger partial charge is 0.274 e. The molecule has 4 saturated carbocycles. The van der Waals surface area contributed by atoms with E-state index in [1.54, 1.807) is 0 Å². The molecule has 132 valence electrons. The van der Waals surface area contributed by atoms with Crippen LogP contribution in [0.25, 0.3) is 0 Å². The summed E-state index contributed by atoms with van der Waals surface area (Å²) in [4.78, 5) is 26.6. The first-order valence-electron chi connectivity index (χ1n) is 8.53. The predicted octanol–water partition coefficient (Wildman–Crippen LogP) is 3.63. The van der Waals surface area contributed by atoms with E-state index in [2.05, 4.69) is 0 Å². The molecule has 1 aliphatic heterocycles. The summed E-state index contributed by atoms with van der Waals surface area (Å²) in [5, 5.41) is 0. The lowest BCUT2D eigenvalue weighted by Crippen LogP contribution is -2.43. The Balaban J connectivity index is 1.56. The molecule has 1 aromatic rings. The van der Waals surface area contributed by atoms with E-state index in [-0.39, 0.29) is 17.5 Å². The molecule has 0 spiro atoms. The summed E-state index contributed by atoms with van der Waals surface area (Å²) in [6.07, 6.45) is -1.98. The van der Waals surface area contributed by atoms with Crippen molar-refractivity contribution in [3.8, 4) is 0 Å². The Morgan fingerprint density at radius 3 is 2.00 bits per heavy atom. The molecule has 0 unspecified atom stereocenters. The minimum atomic E-state index is -4.88. The van der Waals surface area contributed by atoms with Gasteiger partial charge in [0.25, 0.3) is 0 Å². The van der Waals surface area contributed by atoms with Crippen molar-refractivity contribution in [1.29, 1.82) is 0 Å². The second kappa shape index (κ2) is 4.62. The molecule has 0 N–H and O–H groups in total. The summed E-state index contributed by atoms with van der Waals surface area (Å²) < 4.78 is 52.4. The van der Waals surface area contributed by atoms with Crippen LogP contribution < -0.4 is 4.90 Å². The van der Waals surface area contributed by atoms with Crippen molar-refractivity contribution >= 4 is 17.5 Å². The Morgan fingerprint density at radius 2 is 1.48 bits per heavy atom. The van der Waals surface area contributed by atoms with Gasteiger partial charge in [-0.3, -0.25) is 14.5 Å². The number of hydrogen-bond acceptors (Lipinski definition) is 2. The average Bonchev–Trinajstić information content (AvgIpc) is 3.32. The molecule has 7 heteroatoms. The highest BCUT2D eigenvalue weighted by Gasteiger charge is 2.68. The van der Waals surface area contributed by atoms with Gasteiger partial charge in [-0.25, -0.2) is 4.39 Å². The van der Waals surface area contributed by atoms with Crippen molar-refractivity contribution in [3.05, 3.63) is 29.6 Å². The Labute approximate surface area is 141 Å². The lowest BCUT2D eigenvalue weighted by atomic mass is 9.59. The first kappa shape index (κ1) is 15.3. The SMILES string of the molecule is O=C1[C@@H]2[C@@H]3CC[C@@H]([C@@H]4C[C@@H]43)[C@@H]2C(=O)N1c1ccc(F)c(C(F)(F)F)c1. The molecule has 2 bridgehead atoms. The van der Waals surface area contributed by atoms with Gasteiger partial charge in [-0.1, -0.05) is 0 Å². The van der Waals surface area contributed by atoms with E-state index in [4.69, 9.17) is 0 Å². The Morgan fingerprint density at radius 1 is 0.920 bits per heavy atom. The Bertz CT molecular complexity index is 771. The molecule has 1 heterocycles. The number of rotatable bonds is 1. The first-order chi connectivity index (χ1) is 11.8. The van der Waals surface area contributed by atoms with Gasteiger partial charge >= 0.3 is 6.18 Å². The Kier molecular flexibility index (Phi) is 2.84. The molecule has 1 saturated heterocycles. The zero-order valence-electron chi connectivity index (χ0n) is 13.1. The number of nitrogens with zero attached hydrogens (tertiary/aromatic N) is 1. The Hall–Kier alpha value is -1.92. The van der Waals surface area contributed by atoms with E-state index in [1.807, 2.05) is 0 Å². The molecular weight excluding hydrogens is 338 g/mol. The molecule has 4 aliphatic carbocycles. The second-order valence-corrected chi connectivity index (χ2v) is 7.69. The van der Waals surface area contributed by atoms with E-state index >= 15 is 0 Å². The lowest BCUT2D eigenvalue weighted by molar-refractivity contribution is -0.140. The van der Waals surface area contributed by atoms with Gasteiger partial charge in [0.15, 0.2) is 0 Å². The number of benzene rings is 1. The van der Waals surface area contributed by atoms with E-state index in [1.165, 1.54) is 0 Å². The monoisotopic (exact) mass is 353 g/mol. The number of carbonyl (C=O) groups excluding carboxylic acids is 2. The standard InChI is InChI=1S/C18H15F4NO2/c19-13-4-1-7(5-12(13)18(20,21)22)23-16(24)14-8-2-3-9(11-6-10(8)11)15(14)17(23)25/h1,4-5,8-11,14-15H,2-3,6H2/t8-,9+,10-,11+,14-,15+. The van der Waals surface area contributed by atoms with Crippen LogP contribution in [0.3, 0.4) is 0 Å². The highest BCUT2D eigenvalue weighted by Crippen LogP contribution is 2.68. The number of anilines is 1. The quantitative estimate of drug-likeness (QED) is 0.571. The van der Waals surface area contributed by atoms with Crippen molar-refractivity contribution < 1.29 is 27.2 Å². The van der Waals surface area contributed by atoms with Crippen LogP contribution in [0.1, 0.15) is 24.8 Å². The molecule has 5 aliphatic rings. The van der Waals surface area contributed by atoms with Crippen molar-refractivity contribution in [1.82, 2.24) is 0 Å². The van der Waals surface area contributed by atoms with Gasteiger partial charge in [0.1, 0.15) is 5.82 Å². The van der Waals surface area contributed by atoms with E-state index in [0.717, 1.165) is 30.2 Å². The average molecular weight is 353 g/mol. The van der Waals surface area contributed by atoms with E-state index in [9.17, 15) is 27.2 Å². The number of amides is 2. The maximum absolute atomic E-state index is 13.5. The van der Waals surface area contributed by atoms with Crippen LogP contribution in [-0.2, 0) is 15.8 Å². The molecule has 6 atom stereocenters. The highest BCUT2D eigenvalue weighted by atomic mass is 19.4. The summed E-state index contributed by atoms with van der Waals surface area (Å²) in [6, 6.07) is 2.33. The zero-order valence-corrected chi connectivity index (χ0v) is 13.1. The minimum Gasteiger partial charge on any atom is -0.274 e. The van der Waals surface area contributed by atoms with Crippen molar-refractivity contribution in [2.45, 2.75) is 25.4 Å². The van der Waals surface area contributed by atoms with Gasteiger partial charge in [-0.2, -0.15) is 13.2 Å². The van der Waals surface area contributed by atoms with Crippen molar-refractivity contribution in [2.75, 3.05) is 4.90 Å². The molecule has 1 aromatic carbocycles. The third-order valence-electron chi connectivity index (χ3n) is 6.66. The van der Waals surface area contributed by atoms with Gasteiger partial charge in [0, 0.05) is 0 Å². The predicted molar refractivity (Wildman–Crippen MR) is 78.7 cm³/mol. The summed E-state index contributed by atoms with van der Waals surface area (Å²) in [6.45, 7) is 0. The third kappa shape index (κ3) is 1.92. The summed E-state index contributed by atoms with van der Waals surface area (Å²) in [7, 11) is 0. The fraction of sp³-hybridized carbons (Fsp3) is 0.556. The molecule has 6 rings (SSSR count). The molecule has 5 fully saturated rings. The number of hydrogen-bond donors (Lipinski definition) is 0. The first-order valence-corrected chi connectivity index (χ1v) is 8.53. The van der Waals surface area contributed by atoms with Crippen LogP contribution in [0, 0.1) is 41.3 Å². The fourth-order valence-electron chi connectivity index (χ4n) is 5.66. The van der Waals surface area contributed by atoms with Gasteiger partial charge in [0.05, 0.1) is 23.1 Å². The van der Waals surface area contributed by atoms with Crippen LogP contribution >= 0.6 is 0 Å². The summed E-state index contributed by atoms with van der Waals surface area (Å²) >= 11 is 0. The van der Waals surface area contributed by atoms with Crippen molar-refractivity contribution in [2.24, 2.45) is 35.5 Å². The molecule has 0 aromatic heterocycles. The summed E-state index contributed by atoms with van der Waals surface area (Å²) in [5.74, 6) is -1.71. The number of halogens is 4. The molecule has 2 amide bonds. The summed E-state index contributed by atoms with van der Waals surface area (Å²) in [5.41, 5.74) is -1.63. The van der Waals surface area contributed by atoms with Gasteiger partial charge in [-0.05, 0) is 61.1 Å². The van der Waals surface area contributed by atoms with Crippen LogP contribution in [0.5, 0.6) is 0 Å². The second-order valence-electron chi connectivity index (χ2n) is 7.69. The van der Waals surface area contributed by atoms with Crippen LogP contribution in [0.4, 0.5) is 23.2 Å². The minimum absolute atomic E-state index is 0.170. The molecule has 3 nitrogen and oxygen atoms in total. The lowest BCUT2D eigenvalue weighted by Gasteiger charge is -2.42. The largest absolute Gasteiger partial charge is 0.419 e. The van der Waals surface area contributed by atoms with Crippen LogP contribution in [0.15, 0.2) is 18.2 Å². The molecule has 0 radical (unpaired) electrons.